The van der Waals surface area contributed by atoms with E-state index in [1.807, 2.05) is 0 Å². The molecule has 0 aromatic rings. The van der Waals surface area contributed by atoms with Gasteiger partial charge < -0.3 is 0 Å². The van der Waals surface area contributed by atoms with E-state index in [2.05, 4.69) is 48.5 Å². The molecule has 0 heteroatoms. The lowest BCUT2D eigenvalue weighted by atomic mass is 9.83. The highest BCUT2D eigenvalue weighted by molar-refractivity contribution is 4.66. The Kier molecular flexibility index (Phi) is 13.4. The van der Waals surface area contributed by atoms with E-state index in [-0.39, 0.29) is 0 Å². The summed E-state index contributed by atoms with van der Waals surface area (Å²) in [6, 6.07) is 0. The van der Waals surface area contributed by atoms with Crippen molar-refractivity contribution in [2.45, 2.75) is 113 Å². The summed E-state index contributed by atoms with van der Waals surface area (Å²) in [4.78, 5) is 0. The van der Waals surface area contributed by atoms with Crippen molar-refractivity contribution in [1.29, 1.82) is 0 Å². The highest BCUT2D eigenvalue weighted by Crippen LogP contribution is 2.27. The van der Waals surface area contributed by atoms with Crippen LogP contribution in [0.4, 0.5) is 0 Å². The van der Waals surface area contributed by atoms with Crippen LogP contribution in [0.1, 0.15) is 113 Å². The van der Waals surface area contributed by atoms with Crippen LogP contribution in [0.3, 0.4) is 0 Å². The molecular formula is C22H46. The maximum atomic E-state index is 2.49. The Hall–Kier alpha value is 0. The predicted octanol–water partition coefficient (Wildman–Crippen LogP) is 8.11. The molecule has 22 heavy (non-hydrogen) atoms. The maximum Gasteiger partial charge on any atom is -0.0417 e. The van der Waals surface area contributed by atoms with Gasteiger partial charge in [-0.1, -0.05) is 113 Å². The fourth-order valence-electron chi connectivity index (χ4n) is 3.57. The minimum atomic E-state index is 0.878. The van der Waals surface area contributed by atoms with Gasteiger partial charge in [0.25, 0.3) is 0 Å². The molecule has 3 unspecified atom stereocenters. The molecule has 3 atom stereocenters. The Morgan fingerprint density at radius 1 is 0.545 bits per heavy atom. The Morgan fingerprint density at radius 3 is 1.55 bits per heavy atom. The summed E-state index contributed by atoms with van der Waals surface area (Å²) in [6.45, 7) is 16.8. The van der Waals surface area contributed by atoms with Crippen molar-refractivity contribution < 1.29 is 0 Å². The molecular weight excluding hydrogens is 264 g/mol. The van der Waals surface area contributed by atoms with Crippen LogP contribution in [0.2, 0.25) is 0 Å². The molecule has 0 amide bonds. The summed E-state index contributed by atoms with van der Waals surface area (Å²) in [5.41, 5.74) is 0. The number of hydrogen-bond donors (Lipinski definition) is 0. The predicted molar refractivity (Wildman–Crippen MR) is 103 cm³/mol. The van der Waals surface area contributed by atoms with Crippen molar-refractivity contribution in [2.24, 2.45) is 29.6 Å². The first-order valence-electron chi connectivity index (χ1n) is 10.4. The van der Waals surface area contributed by atoms with Crippen molar-refractivity contribution in [3.63, 3.8) is 0 Å². The zero-order chi connectivity index (χ0) is 17.0. The van der Waals surface area contributed by atoms with Crippen molar-refractivity contribution in [2.75, 3.05) is 0 Å². The SMILES string of the molecule is CCC(CC)CCC(C)C(C)CCCC(C)CCCC(C)C. The summed E-state index contributed by atoms with van der Waals surface area (Å²) in [7, 11) is 0. The van der Waals surface area contributed by atoms with Gasteiger partial charge in [-0.3, -0.25) is 0 Å². The van der Waals surface area contributed by atoms with Gasteiger partial charge in [0.2, 0.25) is 0 Å². The molecule has 134 valence electrons. The second kappa shape index (κ2) is 13.4. The molecule has 0 aromatic heterocycles. The largest absolute Gasteiger partial charge is 0.0651 e. The van der Waals surface area contributed by atoms with E-state index in [4.69, 9.17) is 0 Å². The smallest absolute Gasteiger partial charge is 0.0417 e. The Labute approximate surface area is 142 Å². The number of hydrogen-bond acceptors (Lipinski definition) is 0. The Morgan fingerprint density at radius 2 is 1.05 bits per heavy atom. The van der Waals surface area contributed by atoms with Crippen LogP contribution >= 0.6 is 0 Å². The zero-order valence-electron chi connectivity index (χ0n) is 17.0. The summed E-state index contributed by atoms with van der Waals surface area (Å²) >= 11 is 0. The van der Waals surface area contributed by atoms with Gasteiger partial charge >= 0.3 is 0 Å². The quantitative estimate of drug-likeness (QED) is 0.304. The highest BCUT2D eigenvalue weighted by atomic mass is 14.2. The Bertz CT molecular complexity index is 226. The first-order valence-corrected chi connectivity index (χ1v) is 10.4. The normalized spacial score (nSPS) is 16.2. The van der Waals surface area contributed by atoms with E-state index in [0.717, 1.165) is 29.6 Å². The monoisotopic (exact) mass is 310 g/mol. The summed E-state index contributed by atoms with van der Waals surface area (Å²) in [6.07, 6.45) is 14.2. The lowest BCUT2D eigenvalue weighted by Gasteiger charge is -2.23. The molecule has 0 aromatic carbocycles. The standard InChI is InChI=1S/C22H46/c1-8-22(9-2)17-16-21(7)20(6)15-11-14-19(5)13-10-12-18(3)4/h18-22H,8-17H2,1-7H3. The van der Waals surface area contributed by atoms with Gasteiger partial charge in [-0.25, -0.2) is 0 Å². The van der Waals surface area contributed by atoms with E-state index in [9.17, 15) is 0 Å². The fraction of sp³-hybridized carbons (Fsp3) is 1.00. The van der Waals surface area contributed by atoms with Crippen LogP contribution in [-0.2, 0) is 0 Å². The van der Waals surface area contributed by atoms with Gasteiger partial charge in [-0.05, 0) is 29.6 Å². The van der Waals surface area contributed by atoms with Crippen LogP contribution in [0.15, 0.2) is 0 Å². The molecule has 0 saturated heterocycles. The highest BCUT2D eigenvalue weighted by Gasteiger charge is 2.14. The van der Waals surface area contributed by atoms with Gasteiger partial charge in [0.15, 0.2) is 0 Å². The molecule has 0 radical (unpaired) electrons. The van der Waals surface area contributed by atoms with E-state index in [1.165, 1.54) is 64.2 Å². The van der Waals surface area contributed by atoms with Gasteiger partial charge in [0.1, 0.15) is 0 Å². The molecule has 0 spiro atoms. The van der Waals surface area contributed by atoms with E-state index < -0.39 is 0 Å². The second-order valence-corrected chi connectivity index (χ2v) is 8.58. The van der Waals surface area contributed by atoms with Crippen molar-refractivity contribution in [3.8, 4) is 0 Å². The maximum absolute atomic E-state index is 2.49. The molecule has 0 aliphatic heterocycles. The van der Waals surface area contributed by atoms with Crippen LogP contribution in [0.5, 0.6) is 0 Å². The third-order valence-corrected chi connectivity index (χ3v) is 5.99. The molecule has 0 fully saturated rings. The molecule has 0 N–H and O–H groups in total. The third kappa shape index (κ3) is 11.6. The van der Waals surface area contributed by atoms with Crippen LogP contribution in [0.25, 0.3) is 0 Å². The van der Waals surface area contributed by atoms with Gasteiger partial charge in [0, 0.05) is 0 Å². The van der Waals surface area contributed by atoms with Crippen molar-refractivity contribution >= 4 is 0 Å². The minimum Gasteiger partial charge on any atom is -0.0651 e. The lowest BCUT2D eigenvalue weighted by molar-refractivity contribution is 0.291. The average molecular weight is 311 g/mol. The molecule has 0 aliphatic rings. The average Bonchev–Trinajstić information content (AvgIpc) is 2.47. The molecule has 0 nitrogen and oxygen atoms in total. The molecule has 0 bridgehead atoms. The van der Waals surface area contributed by atoms with E-state index in [0.29, 0.717) is 0 Å². The van der Waals surface area contributed by atoms with Crippen LogP contribution in [0, 0.1) is 29.6 Å². The van der Waals surface area contributed by atoms with Gasteiger partial charge in [-0.15, -0.1) is 0 Å². The first-order chi connectivity index (χ1) is 10.4. The number of rotatable bonds is 14. The van der Waals surface area contributed by atoms with Crippen molar-refractivity contribution in [1.82, 2.24) is 0 Å². The zero-order valence-corrected chi connectivity index (χ0v) is 17.0. The van der Waals surface area contributed by atoms with Crippen LogP contribution in [-0.4, -0.2) is 0 Å². The minimum absolute atomic E-state index is 0.878. The van der Waals surface area contributed by atoms with Gasteiger partial charge in [0.05, 0.1) is 0 Å². The lowest BCUT2D eigenvalue weighted by Crippen LogP contribution is -2.11. The first kappa shape index (κ1) is 22.0. The molecule has 0 aliphatic carbocycles. The van der Waals surface area contributed by atoms with E-state index >= 15 is 0 Å². The molecule has 0 heterocycles. The summed E-state index contributed by atoms with van der Waals surface area (Å²) < 4.78 is 0. The van der Waals surface area contributed by atoms with Crippen molar-refractivity contribution in [3.05, 3.63) is 0 Å². The molecule has 0 saturated carbocycles. The van der Waals surface area contributed by atoms with E-state index in [1.54, 1.807) is 0 Å². The van der Waals surface area contributed by atoms with Crippen LogP contribution < -0.4 is 0 Å². The Balaban J connectivity index is 3.71. The van der Waals surface area contributed by atoms with Gasteiger partial charge in [-0.2, -0.15) is 0 Å². The molecule has 0 rings (SSSR count). The summed E-state index contributed by atoms with van der Waals surface area (Å²) in [5, 5.41) is 0. The third-order valence-electron chi connectivity index (χ3n) is 5.99. The topological polar surface area (TPSA) is 0 Å². The summed E-state index contributed by atoms with van der Waals surface area (Å²) in [5.74, 6) is 4.61. The fourth-order valence-corrected chi connectivity index (χ4v) is 3.57. The second-order valence-electron chi connectivity index (χ2n) is 8.58.